The fourth-order valence-electron chi connectivity index (χ4n) is 5.44. The van der Waals surface area contributed by atoms with Crippen molar-refractivity contribution < 1.29 is 19.3 Å². The number of halogens is 2. The van der Waals surface area contributed by atoms with E-state index < -0.39 is 24.9 Å². The Kier molecular flexibility index (Phi) is 12.6. The van der Waals surface area contributed by atoms with Crippen LogP contribution in [-0.2, 0) is 9.45 Å². The third-order valence-electron chi connectivity index (χ3n) is 7.60. The Morgan fingerprint density at radius 3 is 2.32 bits per heavy atom. The molecule has 1 aromatic carbocycles. The van der Waals surface area contributed by atoms with Gasteiger partial charge < -0.3 is 20.3 Å². The lowest BCUT2D eigenvalue weighted by molar-refractivity contribution is -0.120. The molecule has 0 aromatic heterocycles. The molecule has 2 saturated carbocycles. The quantitative estimate of drug-likeness (QED) is 0.318. The SMILES string of the molecule is CC(C)C[C@H](NC(=O)CNC(=O)c1cc(Cl)ccc1Cl)B(O)OC1CCCCCCC2CC2CCCC1. The van der Waals surface area contributed by atoms with Gasteiger partial charge in [0.05, 0.1) is 23.1 Å². The summed E-state index contributed by atoms with van der Waals surface area (Å²) in [6, 6.07) is 4.60. The topological polar surface area (TPSA) is 87.7 Å². The zero-order valence-electron chi connectivity index (χ0n) is 22.3. The van der Waals surface area contributed by atoms with E-state index in [0.717, 1.165) is 37.5 Å². The van der Waals surface area contributed by atoms with Crippen molar-refractivity contribution in [3.05, 3.63) is 33.8 Å². The van der Waals surface area contributed by atoms with Crippen LogP contribution in [0.4, 0.5) is 0 Å². The standard InChI is InChI=1S/C28H43BCl2N2O4/c1-19(2)15-26(33-27(34)18-32-28(35)24-17-22(30)13-14-25(24)31)29(36)37-23-11-6-4-3-5-9-20-16-21(20)10-7-8-12-23/h13-14,17,19-21,23,26,36H,3-12,15-16,18H2,1-2H3,(H,32,35)(H,33,34)/t20?,21?,23?,26-/m0/s1. The predicted octanol–water partition coefficient (Wildman–Crippen LogP) is 6.21. The molecule has 3 rings (SSSR count). The first-order valence-electron chi connectivity index (χ1n) is 14.1. The van der Waals surface area contributed by atoms with Crippen LogP contribution in [0.1, 0.15) is 101 Å². The zero-order chi connectivity index (χ0) is 26.8. The first-order chi connectivity index (χ1) is 17.7. The van der Waals surface area contributed by atoms with Gasteiger partial charge in [-0.25, -0.2) is 0 Å². The number of rotatable bonds is 9. The summed E-state index contributed by atoms with van der Waals surface area (Å²) in [5.74, 6) is 0.718. The number of nitrogens with one attached hydrogen (secondary N) is 2. The average Bonchev–Trinajstić information content (AvgIpc) is 3.60. The van der Waals surface area contributed by atoms with Gasteiger partial charge in [-0.05, 0) is 61.6 Å². The molecule has 3 unspecified atom stereocenters. The Labute approximate surface area is 232 Å². The number of fused-ring (bicyclic) bond motifs is 1. The molecule has 0 bridgehead atoms. The largest absolute Gasteiger partial charge is 0.478 e. The molecule has 2 aliphatic rings. The normalized spacial score (nSPS) is 23.6. The lowest BCUT2D eigenvalue weighted by atomic mass is 9.73. The summed E-state index contributed by atoms with van der Waals surface area (Å²) in [6.45, 7) is 3.84. The van der Waals surface area contributed by atoms with E-state index in [1.54, 1.807) is 6.07 Å². The summed E-state index contributed by atoms with van der Waals surface area (Å²) in [6.07, 6.45) is 13.8. The van der Waals surface area contributed by atoms with Crippen LogP contribution >= 0.6 is 23.2 Å². The van der Waals surface area contributed by atoms with Gasteiger partial charge in [-0.15, -0.1) is 0 Å². The summed E-state index contributed by atoms with van der Waals surface area (Å²) >= 11 is 12.1. The molecule has 1 aromatic rings. The van der Waals surface area contributed by atoms with Crippen molar-refractivity contribution in [3.63, 3.8) is 0 Å². The molecule has 6 nitrogen and oxygen atoms in total. The van der Waals surface area contributed by atoms with Gasteiger partial charge in [0, 0.05) is 11.1 Å². The number of amides is 2. The molecular formula is C28H43BCl2N2O4. The van der Waals surface area contributed by atoms with E-state index in [2.05, 4.69) is 10.6 Å². The lowest BCUT2D eigenvalue weighted by Crippen LogP contribution is -2.52. The molecule has 4 atom stereocenters. The molecule has 0 saturated heterocycles. The van der Waals surface area contributed by atoms with Gasteiger partial charge in [0.25, 0.3) is 5.91 Å². The minimum Gasteiger partial charge on any atom is -0.426 e. The Balaban J connectivity index is 1.51. The molecule has 0 spiro atoms. The maximum Gasteiger partial charge on any atom is 0.478 e. The van der Waals surface area contributed by atoms with Crippen molar-refractivity contribution in [2.45, 2.75) is 103 Å². The highest BCUT2D eigenvalue weighted by Gasteiger charge is 2.36. The van der Waals surface area contributed by atoms with Crippen molar-refractivity contribution in [2.75, 3.05) is 6.54 Å². The van der Waals surface area contributed by atoms with E-state index in [-0.39, 0.29) is 29.2 Å². The number of hydrogen-bond donors (Lipinski definition) is 3. The molecule has 2 fully saturated rings. The van der Waals surface area contributed by atoms with Crippen molar-refractivity contribution in [2.24, 2.45) is 17.8 Å². The van der Waals surface area contributed by atoms with Crippen LogP contribution in [0.15, 0.2) is 18.2 Å². The Bertz CT molecular complexity index is 888. The van der Waals surface area contributed by atoms with E-state index in [1.807, 2.05) is 13.8 Å². The second-order valence-electron chi connectivity index (χ2n) is 11.3. The van der Waals surface area contributed by atoms with E-state index >= 15 is 0 Å². The minimum atomic E-state index is -1.10. The fraction of sp³-hybridized carbons (Fsp3) is 0.714. The van der Waals surface area contributed by atoms with Gasteiger partial charge in [-0.1, -0.05) is 88.4 Å². The molecule has 206 valence electrons. The smallest absolute Gasteiger partial charge is 0.426 e. The van der Waals surface area contributed by atoms with Crippen LogP contribution in [0.5, 0.6) is 0 Å². The molecule has 3 N–H and O–H groups in total. The second kappa shape index (κ2) is 15.3. The summed E-state index contributed by atoms with van der Waals surface area (Å²) in [5, 5.41) is 17.1. The third kappa shape index (κ3) is 10.8. The highest BCUT2D eigenvalue weighted by molar-refractivity contribution is 6.45. The zero-order valence-corrected chi connectivity index (χ0v) is 23.8. The molecule has 2 amide bonds. The van der Waals surface area contributed by atoms with Crippen LogP contribution < -0.4 is 10.6 Å². The van der Waals surface area contributed by atoms with Gasteiger partial charge in [0.1, 0.15) is 0 Å². The number of benzene rings is 1. The second-order valence-corrected chi connectivity index (χ2v) is 12.1. The monoisotopic (exact) mass is 552 g/mol. The van der Waals surface area contributed by atoms with Crippen LogP contribution in [0.3, 0.4) is 0 Å². The van der Waals surface area contributed by atoms with Gasteiger partial charge in [0.2, 0.25) is 5.91 Å². The minimum absolute atomic E-state index is 0.0120. The van der Waals surface area contributed by atoms with E-state index in [0.29, 0.717) is 11.4 Å². The van der Waals surface area contributed by atoms with Gasteiger partial charge in [0.15, 0.2) is 0 Å². The van der Waals surface area contributed by atoms with E-state index in [9.17, 15) is 14.6 Å². The van der Waals surface area contributed by atoms with Crippen molar-refractivity contribution in [1.29, 1.82) is 0 Å². The van der Waals surface area contributed by atoms with E-state index in [4.69, 9.17) is 27.9 Å². The van der Waals surface area contributed by atoms with Crippen molar-refractivity contribution in [3.8, 4) is 0 Å². The summed E-state index contributed by atoms with van der Waals surface area (Å²) in [5.41, 5.74) is 0.208. The van der Waals surface area contributed by atoms with Gasteiger partial charge in [-0.2, -0.15) is 0 Å². The first-order valence-corrected chi connectivity index (χ1v) is 14.8. The molecule has 0 radical (unpaired) electrons. The lowest BCUT2D eigenvalue weighted by Gasteiger charge is -2.27. The van der Waals surface area contributed by atoms with Crippen molar-refractivity contribution in [1.82, 2.24) is 10.6 Å². The average molecular weight is 553 g/mol. The summed E-state index contributed by atoms with van der Waals surface area (Å²) in [4.78, 5) is 25.2. The number of hydrogen-bond acceptors (Lipinski definition) is 4. The van der Waals surface area contributed by atoms with Gasteiger partial charge in [-0.3, -0.25) is 9.59 Å². The predicted molar refractivity (Wildman–Crippen MR) is 151 cm³/mol. The molecule has 9 heteroatoms. The van der Waals surface area contributed by atoms with Crippen molar-refractivity contribution >= 4 is 42.1 Å². The molecule has 0 heterocycles. The number of carbonyl (C=O) groups excluding carboxylic acids is 2. The highest BCUT2D eigenvalue weighted by Crippen LogP contribution is 2.46. The maximum absolute atomic E-state index is 12.7. The Morgan fingerprint density at radius 1 is 1.03 bits per heavy atom. The fourth-order valence-corrected chi connectivity index (χ4v) is 5.82. The molecule has 2 aliphatic carbocycles. The summed E-state index contributed by atoms with van der Waals surface area (Å²) < 4.78 is 6.17. The van der Waals surface area contributed by atoms with Crippen LogP contribution in [0, 0.1) is 17.8 Å². The summed E-state index contributed by atoms with van der Waals surface area (Å²) in [7, 11) is -1.10. The van der Waals surface area contributed by atoms with Crippen LogP contribution in [0.25, 0.3) is 0 Å². The maximum atomic E-state index is 12.7. The molecule has 0 aliphatic heterocycles. The Morgan fingerprint density at radius 2 is 1.65 bits per heavy atom. The van der Waals surface area contributed by atoms with Crippen LogP contribution in [-0.4, -0.2) is 42.5 Å². The molecular weight excluding hydrogens is 510 g/mol. The van der Waals surface area contributed by atoms with E-state index in [1.165, 1.54) is 57.1 Å². The number of carbonyl (C=O) groups is 2. The molecule has 37 heavy (non-hydrogen) atoms. The first kappa shape index (κ1) is 30.3. The third-order valence-corrected chi connectivity index (χ3v) is 8.17. The Hall–Kier alpha value is -1.28. The van der Waals surface area contributed by atoms with Gasteiger partial charge >= 0.3 is 7.12 Å². The van der Waals surface area contributed by atoms with Crippen LogP contribution in [0.2, 0.25) is 10.0 Å². The highest BCUT2D eigenvalue weighted by atomic mass is 35.5.